The topological polar surface area (TPSA) is 35.1 Å². The van der Waals surface area contributed by atoms with Crippen LogP contribution in [0.15, 0.2) is 43.0 Å². The first-order valence-corrected chi connectivity index (χ1v) is 4.76. The van der Waals surface area contributed by atoms with E-state index in [1.54, 1.807) is 6.20 Å². The Morgan fingerprint density at radius 3 is 2.93 bits per heavy atom. The number of fused-ring (bicyclic) bond motifs is 1. The highest BCUT2D eigenvalue weighted by Gasteiger charge is 2.09. The molecule has 0 aliphatic carbocycles. The molecule has 3 aromatic heterocycles. The first-order valence-electron chi connectivity index (χ1n) is 4.76. The van der Waals surface area contributed by atoms with Crippen LogP contribution in [0.2, 0.25) is 0 Å². The van der Waals surface area contributed by atoms with Crippen LogP contribution in [0, 0.1) is 0 Å². The van der Waals surface area contributed by atoms with E-state index in [4.69, 9.17) is 0 Å². The normalized spacial score (nSPS) is 11.0. The van der Waals surface area contributed by atoms with E-state index in [-0.39, 0.29) is 0 Å². The Morgan fingerprint density at radius 1 is 1.20 bits per heavy atom. The van der Waals surface area contributed by atoms with Gasteiger partial charge >= 0.3 is 0 Å². The second kappa shape index (κ2) is 2.95. The number of aryl methyl sites for hydroxylation is 1. The summed E-state index contributed by atoms with van der Waals surface area (Å²) in [6.07, 6.45) is 7.50. The van der Waals surface area contributed by atoms with E-state index in [1.165, 1.54) is 0 Å². The van der Waals surface area contributed by atoms with Crippen molar-refractivity contribution in [3.8, 4) is 11.4 Å². The van der Waals surface area contributed by atoms with Crippen molar-refractivity contribution >= 4 is 5.52 Å². The van der Waals surface area contributed by atoms with Gasteiger partial charge in [0.15, 0.2) is 0 Å². The van der Waals surface area contributed by atoms with Gasteiger partial charge in [-0.1, -0.05) is 6.07 Å². The van der Waals surface area contributed by atoms with Gasteiger partial charge in [0, 0.05) is 25.6 Å². The number of hydrogen-bond acceptors (Lipinski definition) is 2. The molecule has 0 aromatic carbocycles. The molecule has 4 nitrogen and oxygen atoms in total. The lowest BCUT2D eigenvalue weighted by atomic mass is 10.2. The van der Waals surface area contributed by atoms with E-state index in [0.29, 0.717) is 0 Å². The molecule has 0 N–H and O–H groups in total. The van der Waals surface area contributed by atoms with Gasteiger partial charge in [-0.15, -0.1) is 0 Å². The Bertz CT molecular complexity index is 606. The molecule has 0 aliphatic rings. The largest absolute Gasteiger partial charge is 0.334 e. The quantitative estimate of drug-likeness (QED) is 0.597. The van der Waals surface area contributed by atoms with E-state index >= 15 is 0 Å². The maximum Gasteiger partial charge on any atom is 0.143 e. The maximum absolute atomic E-state index is 4.32. The molecular weight excluding hydrogens is 188 g/mol. The van der Waals surface area contributed by atoms with Crippen LogP contribution in [0.3, 0.4) is 0 Å². The molecule has 3 rings (SSSR count). The summed E-state index contributed by atoms with van der Waals surface area (Å²) in [4.78, 5) is 4.32. The molecule has 0 radical (unpaired) electrons. The van der Waals surface area contributed by atoms with Gasteiger partial charge in [0.1, 0.15) is 5.82 Å². The van der Waals surface area contributed by atoms with E-state index in [0.717, 1.165) is 16.9 Å². The molecule has 0 amide bonds. The summed E-state index contributed by atoms with van der Waals surface area (Å²) in [6, 6.07) is 6.00. The summed E-state index contributed by atoms with van der Waals surface area (Å²) in [5.74, 6) is 0.941. The number of pyridine rings is 1. The average molecular weight is 198 g/mol. The van der Waals surface area contributed by atoms with Gasteiger partial charge in [-0.05, 0) is 12.1 Å². The van der Waals surface area contributed by atoms with Gasteiger partial charge in [-0.2, -0.15) is 5.10 Å². The lowest BCUT2D eigenvalue weighted by Crippen LogP contribution is -1.90. The predicted molar refractivity (Wildman–Crippen MR) is 57.4 cm³/mol. The zero-order valence-electron chi connectivity index (χ0n) is 8.33. The van der Waals surface area contributed by atoms with Crippen molar-refractivity contribution in [3.63, 3.8) is 0 Å². The second-order valence-corrected chi connectivity index (χ2v) is 3.45. The smallest absolute Gasteiger partial charge is 0.143 e. The molecular formula is C11H10N4. The molecule has 0 bridgehead atoms. The zero-order chi connectivity index (χ0) is 10.3. The van der Waals surface area contributed by atoms with Gasteiger partial charge in [0.25, 0.3) is 0 Å². The van der Waals surface area contributed by atoms with Crippen molar-refractivity contribution in [2.75, 3.05) is 0 Å². The number of hydrogen-bond donors (Lipinski definition) is 0. The predicted octanol–water partition coefficient (Wildman–Crippen LogP) is 1.73. The highest BCUT2D eigenvalue weighted by molar-refractivity contribution is 5.75. The van der Waals surface area contributed by atoms with Crippen LogP contribution in [0.25, 0.3) is 16.9 Å². The Balaban J connectivity index is 2.32. The van der Waals surface area contributed by atoms with Crippen LogP contribution < -0.4 is 0 Å². The van der Waals surface area contributed by atoms with Crippen LogP contribution in [0.4, 0.5) is 0 Å². The minimum absolute atomic E-state index is 0.941. The van der Waals surface area contributed by atoms with Crippen molar-refractivity contribution in [1.29, 1.82) is 0 Å². The van der Waals surface area contributed by atoms with Gasteiger partial charge < -0.3 is 4.57 Å². The van der Waals surface area contributed by atoms with E-state index in [2.05, 4.69) is 10.1 Å². The molecule has 0 unspecified atom stereocenters. The standard InChI is InChI=1S/C11H10N4/c1-14-7-5-12-11(14)9-8-13-15-6-3-2-4-10(9)15/h2-8H,1H3. The molecule has 15 heavy (non-hydrogen) atoms. The third kappa shape index (κ3) is 1.15. The summed E-state index contributed by atoms with van der Waals surface area (Å²) >= 11 is 0. The molecule has 3 heterocycles. The van der Waals surface area contributed by atoms with Gasteiger partial charge in [0.2, 0.25) is 0 Å². The van der Waals surface area contributed by atoms with E-state index in [1.807, 2.05) is 52.9 Å². The van der Waals surface area contributed by atoms with Crippen LogP contribution in [0.5, 0.6) is 0 Å². The number of rotatable bonds is 1. The highest BCUT2D eigenvalue weighted by Crippen LogP contribution is 2.21. The molecule has 3 aromatic rings. The minimum atomic E-state index is 0.941. The summed E-state index contributed by atoms with van der Waals surface area (Å²) in [6.45, 7) is 0. The Kier molecular flexibility index (Phi) is 1.62. The van der Waals surface area contributed by atoms with Crippen LogP contribution >= 0.6 is 0 Å². The first-order chi connectivity index (χ1) is 7.36. The molecule has 0 saturated carbocycles. The SMILES string of the molecule is Cn1ccnc1-c1cnn2ccccc12. The van der Waals surface area contributed by atoms with Crippen LogP contribution in [-0.2, 0) is 7.05 Å². The third-order valence-electron chi connectivity index (χ3n) is 2.49. The molecule has 74 valence electrons. The number of nitrogens with zero attached hydrogens (tertiary/aromatic N) is 4. The summed E-state index contributed by atoms with van der Waals surface area (Å²) in [5.41, 5.74) is 2.13. The lowest BCUT2D eigenvalue weighted by molar-refractivity contribution is 0.926. The zero-order valence-corrected chi connectivity index (χ0v) is 8.33. The van der Waals surface area contributed by atoms with Crippen molar-refractivity contribution in [2.45, 2.75) is 0 Å². The summed E-state index contributed by atoms with van der Waals surface area (Å²) < 4.78 is 3.84. The lowest BCUT2D eigenvalue weighted by Gasteiger charge is -1.98. The van der Waals surface area contributed by atoms with Crippen LogP contribution in [0.1, 0.15) is 0 Å². The monoisotopic (exact) mass is 198 g/mol. The van der Waals surface area contributed by atoms with E-state index in [9.17, 15) is 0 Å². The fourth-order valence-electron chi connectivity index (χ4n) is 1.73. The molecule has 4 heteroatoms. The number of aromatic nitrogens is 4. The molecule has 0 fully saturated rings. The van der Waals surface area contributed by atoms with Crippen LogP contribution in [-0.4, -0.2) is 19.2 Å². The second-order valence-electron chi connectivity index (χ2n) is 3.45. The van der Waals surface area contributed by atoms with Gasteiger partial charge in [-0.3, -0.25) is 0 Å². The van der Waals surface area contributed by atoms with Gasteiger partial charge in [0.05, 0.1) is 17.3 Å². The molecule has 0 spiro atoms. The summed E-state index contributed by atoms with van der Waals surface area (Å²) in [7, 11) is 1.98. The van der Waals surface area contributed by atoms with Crippen molar-refractivity contribution < 1.29 is 0 Å². The van der Waals surface area contributed by atoms with E-state index < -0.39 is 0 Å². The van der Waals surface area contributed by atoms with Crippen molar-refractivity contribution in [3.05, 3.63) is 43.0 Å². The third-order valence-corrected chi connectivity index (χ3v) is 2.49. The Morgan fingerprint density at radius 2 is 2.13 bits per heavy atom. The molecule has 0 aliphatic heterocycles. The van der Waals surface area contributed by atoms with Crippen molar-refractivity contribution in [1.82, 2.24) is 19.2 Å². The average Bonchev–Trinajstić information content (AvgIpc) is 2.83. The van der Waals surface area contributed by atoms with Gasteiger partial charge in [-0.25, -0.2) is 9.50 Å². The maximum atomic E-state index is 4.32. The summed E-state index contributed by atoms with van der Waals surface area (Å²) in [5, 5.41) is 4.28. The highest BCUT2D eigenvalue weighted by atomic mass is 15.2. The number of imidazole rings is 1. The fourth-order valence-corrected chi connectivity index (χ4v) is 1.73. The Labute approximate surface area is 86.8 Å². The fraction of sp³-hybridized carbons (Fsp3) is 0.0909. The first kappa shape index (κ1) is 8.23. The molecule has 0 atom stereocenters. The van der Waals surface area contributed by atoms with Crippen molar-refractivity contribution in [2.24, 2.45) is 7.05 Å². The minimum Gasteiger partial charge on any atom is -0.334 e. The Hall–Kier alpha value is -2.10. The molecule has 0 saturated heterocycles.